The molecular weight excluding hydrogens is 247 g/mol. The average Bonchev–Trinajstić information content (AvgIpc) is 2.15. The van der Waals surface area contributed by atoms with Crippen LogP contribution in [0, 0.1) is 17.1 Å². The Bertz CT molecular complexity index is 396. The molecule has 0 aliphatic carbocycles. The molecule has 14 heavy (non-hydrogen) atoms. The SMILES string of the molecule is C=C(Br)CNc1ccc(F)cc1C#N. The largest absolute Gasteiger partial charge is 0.379 e. The smallest absolute Gasteiger partial charge is 0.124 e. The van der Waals surface area contributed by atoms with Gasteiger partial charge < -0.3 is 5.32 Å². The lowest BCUT2D eigenvalue weighted by atomic mass is 10.2. The normalized spacial score (nSPS) is 9.21. The van der Waals surface area contributed by atoms with Gasteiger partial charge in [0.15, 0.2) is 0 Å². The van der Waals surface area contributed by atoms with Gasteiger partial charge in [0, 0.05) is 11.0 Å². The van der Waals surface area contributed by atoms with Crippen LogP contribution in [0.15, 0.2) is 29.3 Å². The maximum absolute atomic E-state index is 12.7. The lowest BCUT2D eigenvalue weighted by Gasteiger charge is -2.06. The van der Waals surface area contributed by atoms with Crippen molar-refractivity contribution in [1.82, 2.24) is 0 Å². The molecule has 1 aromatic rings. The molecule has 4 heteroatoms. The fraction of sp³-hybridized carbons (Fsp3) is 0.100. The van der Waals surface area contributed by atoms with Crippen molar-refractivity contribution in [3.63, 3.8) is 0 Å². The van der Waals surface area contributed by atoms with E-state index in [1.807, 2.05) is 6.07 Å². The zero-order chi connectivity index (χ0) is 10.6. The first kappa shape index (κ1) is 10.7. The highest BCUT2D eigenvalue weighted by atomic mass is 79.9. The molecule has 0 aliphatic rings. The number of nitriles is 1. The molecule has 0 atom stereocenters. The second-order valence-electron chi connectivity index (χ2n) is 2.67. The van der Waals surface area contributed by atoms with E-state index < -0.39 is 5.82 Å². The van der Waals surface area contributed by atoms with E-state index in [1.54, 1.807) is 0 Å². The molecule has 0 aromatic heterocycles. The molecule has 1 rings (SSSR count). The van der Waals surface area contributed by atoms with E-state index in [2.05, 4.69) is 27.8 Å². The van der Waals surface area contributed by atoms with Crippen LogP contribution in [0.5, 0.6) is 0 Å². The van der Waals surface area contributed by atoms with Crippen molar-refractivity contribution in [1.29, 1.82) is 5.26 Å². The Labute approximate surface area is 90.2 Å². The van der Waals surface area contributed by atoms with Crippen molar-refractivity contribution in [2.24, 2.45) is 0 Å². The molecule has 0 amide bonds. The summed E-state index contributed by atoms with van der Waals surface area (Å²) in [6.07, 6.45) is 0. The Morgan fingerprint density at radius 3 is 2.93 bits per heavy atom. The molecular formula is C10H8BrFN2. The minimum Gasteiger partial charge on any atom is -0.379 e. The lowest BCUT2D eigenvalue weighted by Crippen LogP contribution is -2.02. The predicted molar refractivity (Wildman–Crippen MR) is 57.7 cm³/mol. The van der Waals surface area contributed by atoms with Crippen molar-refractivity contribution >= 4 is 21.6 Å². The highest BCUT2D eigenvalue weighted by Crippen LogP contribution is 2.16. The van der Waals surface area contributed by atoms with Crippen LogP contribution in [0.4, 0.5) is 10.1 Å². The molecule has 0 aliphatic heterocycles. The van der Waals surface area contributed by atoms with Gasteiger partial charge in [0.2, 0.25) is 0 Å². The van der Waals surface area contributed by atoms with Crippen LogP contribution in [0.25, 0.3) is 0 Å². The van der Waals surface area contributed by atoms with Crippen LogP contribution in [0.3, 0.4) is 0 Å². The summed E-state index contributed by atoms with van der Waals surface area (Å²) in [4.78, 5) is 0. The molecule has 0 fully saturated rings. The van der Waals surface area contributed by atoms with Crippen LogP contribution < -0.4 is 5.32 Å². The van der Waals surface area contributed by atoms with Gasteiger partial charge in [-0.3, -0.25) is 0 Å². The maximum atomic E-state index is 12.7. The standard InChI is InChI=1S/C10H8BrFN2/c1-7(11)6-14-10-3-2-9(12)4-8(10)5-13/h2-4,14H,1,6H2. The fourth-order valence-corrected chi connectivity index (χ4v) is 1.09. The van der Waals surface area contributed by atoms with Crippen LogP contribution in [-0.2, 0) is 0 Å². The molecule has 0 bridgehead atoms. The van der Waals surface area contributed by atoms with E-state index >= 15 is 0 Å². The lowest BCUT2D eigenvalue weighted by molar-refractivity contribution is 0.627. The van der Waals surface area contributed by atoms with Gasteiger partial charge in [0.25, 0.3) is 0 Å². The van der Waals surface area contributed by atoms with Gasteiger partial charge in [-0.1, -0.05) is 22.5 Å². The number of nitrogens with zero attached hydrogens (tertiary/aromatic N) is 1. The third-order valence-electron chi connectivity index (χ3n) is 1.57. The average molecular weight is 255 g/mol. The summed E-state index contributed by atoms with van der Waals surface area (Å²) in [5, 5.41) is 11.7. The third kappa shape index (κ3) is 2.86. The summed E-state index contributed by atoms with van der Waals surface area (Å²) in [5.74, 6) is -0.412. The Morgan fingerprint density at radius 2 is 2.36 bits per heavy atom. The van der Waals surface area contributed by atoms with Gasteiger partial charge in [0.05, 0.1) is 11.3 Å². The van der Waals surface area contributed by atoms with E-state index in [-0.39, 0.29) is 0 Å². The number of hydrogen-bond acceptors (Lipinski definition) is 2. The molecule has 0 spiro atoms. The summed E-state index contributed by atoms with van der Waals surface area (Å²) < 4.78 is 13.5. The summed E-state index contributed by atoms with van der Waals surface area (Å²) in [6, 6.07) is 5.94. The van der Waals surface area contributed by atoms with Crippen LogP contribution >= 0.6 is 15.9 Å². The fourth-order valence-electron chi connectivity index (χ4n) is 0.954. The molecule has 0 heterocycles. The van der Waals surface area contributed by atoms with Gasteiger partial charge >= 0.3 is 0 Å². The van der Waals surface area contributed by atoms with Gasteiger partial charge in [-0.25, -0.2) is 4.39 Å². The summed E-state index contributed by atoms with van der Waals surface area (Å²) in [5.41, 5.74) is 0.897. The minimum atomic E-state index is -0.412. The Morgan fingerprint density at radius 1 is 1.64 bits per heavy atom. The van der Waals surface area contributed by atoms with Gasteiger partial charge in [0.1, 0.15) is 11.9 Å². The van der Waals surface area contributed by atoms with Crippen molar-refractivity contribution in [3.8, 4) is 6.07 Å². The zero-order valence-corrected chi connectivity index (χ0v) is 8.94. The van der Waals surface area contributed by atoms with Crippen molar-refractivity contribution in [2.75, 3.05) is 11.9 Å². The van der Waals surface area contributed by atoms with Crippen molar-refractivity contribution in [2.45, 2.75) is 0 Å². The predicted octanol–water partition coefficient (Wildman–Crippen LogP) is 3.02. The number of anilines is 1. The molecule has 0 saturated heterocycles. The number of halogens is 2. The first-order chi connectivity index (χ1) is 6.63. The molecule has 72 valence electrons. The first-order valence-electron chi connectivity index (χ1n) is 3.90. The van der Waals surface area contributed by atoms with E-state index in [0.29, 0.717) is 17.8 Å². The second-order valence-corrected chi connectivity index (χ2v) is 3.79. The number of nitrogens with one attached hydrogen (secondary N) is 1. The van der Waals surface area contributed by atoms with E-state index in [1.165, 1.54) is 18.2 Å². The summed E-state index contributed by atoms with van der Waals surface area (Å²) >= 11 is 3.18. The molecule has 0 saturated carbocycles. The van der Waals surface area contributed by atoms with Gasteiger partial charge in [-0.05, 0) is 18.2 Å². The van der Waals surface area contributed by atoms with Crippen LogP contribution in [0.2, 0.25) is 0 Å². The molecule has 1 aromatic carbocycles. The molecule has 0 radical (unpaired) electrons. The van der Waals surface area contributed by atoms with Gasteiger partial charge in [-0.2, -0.15) is 5.26 Å². The van der Waals surface area contributed by atoms with Crippen LogP contribution in [0.1, 0.15) is 5.56 Å². The summed E-state index contributed by atoms with van der Waals surface area (Å²) in [7, 11) is 0. The highest BCUT2D eigenvalue weighted by Gasteiger charge is 2.02. The third-order valence-corrected chi connectivity index (χ3v) is 1.85. The molecule has 2 nitrogen and oxygen atoms in total. The highest BCUT2D eigenvalue weighted by molar-refractivity contribution is 9.11. The quantitative estimate of drug-likeness (QED) is 0.901. The first-order valence-corrected chi connectivity index (χ1v) is 4.69. The Balaban J connectivity index is 2.87. The number of benzene rings is 1. The van der Waals surface area contributed by atoms with Gasteiger partial charge in [-0.15, -0.1) is 0 Å². The number of rotatable bonds is 3. The van der Waals surface area contributed by atoms with Crippen molar-refractivity contribution in [3.05, 3.63) is 40.6 Å². The zero-order valence-electron chi connectivity index (χ0n) is 7.35. The maximum Gasteiger partial charge on any atom is 0.124 e. The Kier molecular flexibility index (Phi) is 3.66. The topological polar surface area (TPSA) is 35.8 Å². The second kappa shape index (κ2) is 4.77. The minimum absolute atomic E-state index is 0.291. The number of hydrogen-bond donors (Lipinski definition) is 1. The van der Waals surface area contributed by atoms with E-state index in [0.717, 1.165) is 4.48 Å². The van der Waals surface area contributed by atoms with E-state index in [9.17, 15) is 4.39 Å². The monoisotopic (exact) mass is 254 g/mol. The molecule has 1 N–H and O–H groups in total. The van der Waals surface area contributed by atoms with Crippen molar-refractivity contribution < 1.29 is 4.39 Å². The van der Waals surface area contributed by atoms with E-state index in [4.69, 9.17) is 5.26 Å². The summed E-state index contributed by atoms with van der Waals surface area (Å²) in [6.45, 7) is 4.14. The molecule has 0 unspecified atom stereocenters. The Hall–Kier alpha value is -1.34. The van der Waals surface area contributed by atoms with Crippen LogP contribution in [-0.4, -0.2) is 6.54 Å².